The number of carbonyl (C=O) groups excluding carboxylic acids is 1. The summed E-state index contributed by atoms with van der Waals surface area (Å²) in [5.41, 5.74) is 1.96. The lowest BCUT2D eigenvalue weighted by Gasteiger charge is -2.12. The van der Waals surface area contributed by atoms with Crippen molar-refractivity contribution in [2.24, 2.45) is 0 Å². The number of hydrogen-bond acceptors (Lipinski definition) is 4. The minimum atomic E-state index is -0.674. The summed E-state index contributed by atoms with van der Waals surface area (Å²) >= 11 is 0. The quantitative estimate of drug-likeness (QED) is 0.352. The van der Waals surface area contributed by atoms with Crippen LogP contribution in [-0.4, -0.2) is 19.7 Å². The van der Waals surface area contributed by atoms with Crippen LogP contribution in [0.5, 0.6) is 5.75 Å². The average molecular weight is 319 g/mol. The Bertz CT molecular complexity index is 784. The maximum atomic E-state index is 12.3. The van der Waals surface area contributed by atoms with E-state index in [9.17, 15) is 10.1 Å². The van der Waals surface area contributed by atoms with Crippen molar-refractivity contribution in [3.8, 4) is 11.8 Å². The van der Waals surface area contributed by atoms with Gasteiger partial charge in [0.1, 0.15) is 24.0 Å². The summed E-state index contributed by atoms with van der Waals surface area (Å²) in [6, 6.07) is 18.4. The molecular formula is C20H17NO3. The Labute approximate surface area is 141 Å². The van der Waals surface area contributed by atoms with E-state index in [1.54, 1.807) is 31.4 Å². The van der Waals surface area contributed by atoms with Crippen LogP contribution < -0.4 is 4.74 Å². The first-order chi connectivity index (χ1) is 11.7. The molecule has 0 unspecified atom stereocenters. The van der Waals surface area contributed by atoms with Gasteiger partial charge in [0.05, 0.1) is 7.11 Å². The van der Waals surface area contributed by atoms with Gasteiger partial charge in [-0.05, 0) is 23.3 Å². The van der Waals surface area contributed by atoms with Gasteiger partial charge in [0.2, 0.25) is 0 Å². The van der Waals surface area contributed by atoms with Gasteiger partial charge >= 0.3 is 5.97 Å². The van der Waals surface area contributed by atoms with Crippen LogP contribution in [0.25, 0.3) is 5.57 Å². The standard InChI is InChI=1S/C20H17NO3/c1-3-13-24-20(22)18(14-21)19(15-7-5-4-6-8-15)16-9-11-17(23-2)12-10-16/h3-12H,1,13H2,2H3. The summed E-state index contributed by atoms with van der Waals surface area (Å²) in [7, 11) is 1.58. The molecule has 0 aliphatic rings. The van der Waals surface area contributed by atoms with Crippen molar-refractivity contribution >= 4 is 11.5 Å². The molecule has 0 fully saturated rings. The van der Waals surface area contributed by atoms with E-state index in [0.29, 0.717) is 11.3 Å². The van der Waals surface area contributed by atoms with Gasteiger partial charge in [0, 0.05) is 5.57 Å². The van der Waals surface area contributed by atoms with Crippen LogP contribution >= 0.6 is 0 Å². The molecule has 0 aliphatic heterocycles. The molecule has 24 heavy (non-hydrogen) atoms. The lowest BCUT2D eigenvalue weighted by Crippen LogP contribution is -2.10. The lowest BCUT2D eigenvalue weighted by atomic mass is 9.93. The number of methoxy groups -OCH3 is 1. The van der Waals surface area contributed by atoms with Crippen LogP contribution in [-0.2, 0) is 9.53 Å². The smallest absolute Gasteiger partial charge is 0.349 e. The summed E-state index contributed by atoms with van der Waals surface area (Å²) in [6.45, 7) is 3.56. The number of rotatable bonds is 6. The largest absolute Gasteiger partial charge is 0.497 e. The Morgan fingerprint density at radius 1 is 1.12 bits per heavy atom. The predicted octanol–water partition coefficient (Wildman–Crippen LogP) is 3.75. The fourth-order valence-corrected chi connectivity index (χ4v) is 2.23. The molecule has 0 bridgehead atoms. The highest BCUT2D eigenvalue weighted by atomic mass is 16.5. The van der Waals surface area contributed by atoms with E-state index in [2.05, 4.69) is 6.58 Å². The SMILES string of the molecule is C=CCOC(=O)C(C#N)=C(c1ccccc1)c1ccc(OC)cc1. The molecule has 0 heterocycles. The number of hydrogen-bond donors (Lipinski definition) is 0. The third-order valence-corrected chi connectivity index (χ3v) is 3.34. The Morgan fingerprint density at radius 2 is 1.75 bits per heavy atom. The van der Waals surface area contributed by atoms with Gasteiger partial charge < -0.3 is 9.47 Å². The van der Waals surface area contributed by atoms with Gasteiger partial charge in [0.15, 0.2) is 0 Å². The number of ether oxygens (including phenoxy) is 2. The monoisotopic (exact) mass is 319 g/mol. The molecule has 0 aromatic heterocycles. The molecule has 0 saturated heterocycles. The molecule has 0 saturated carbocycles. The second-order valence-electron chi connectivity index (χ2n) is 4.84. The average Bonchev–Trinajstić information content (AvgIpc) is 2.65. The first kappa shape index (κ1) is 17.0. The van der Waals surface area contributed by atoms with E-state index < -0.39 is 5.97 Å². The number of esters is 1. The van der Waals surface area contributed by atoms with Crippen LogP contribution in [0.1, 0.15) is 11.1 Å². The molecule has 2 aromatic rings. The highest BCUT2D eigenvalue weighted by Gasteiger charge is 2.19. The first-order valence-corrected chi connectivity index (χ1v) is 7.33. The molecule has 2 rings (SSSR count). The van der Waals surface area contributed by atoms with Crippen molar-refractivity contribution in [2.75, 3.05) is 13.7 Å². The minimum absolute atomic E-state index is 0.0479. The zero-order valence-electron chi connectivity index (χ0n) is 13.4. The topological polar surface area (TPSA) is 59.3 Å². The second-order valence-corrected chi connectivity index (χ2v) is 4.84. The summed E-state index contributed by atoms with van der Waals surface area (Å²) < 4.78 is 10.2. The molecule has 2 aromatic carbocycles. The summed E-state index contributed by atoms with van der Waals surface area (Å²) in [5, 5.41) is 9.53. The second kappa shape index (κ2) is 8.35. The van der Waals surface area contributed by atoms with Gasteiger partial charge in [-0.1, -0.05) is 55.1 Å². The zero-order valence-corrected chi connectivity index (χ0v) is 13.4. The van der Waals surface area contributed by atoms with Crippen molar-refractivity contribution in [1.82, 2.24) is 0 Å². The summed E-state index contributed by atoms with van der Waals surface area (Å²) in [4.78, 5) is 12.3. The number of nitrogens with zero attached hydrogens (tertiary/aromatic N) is 1. The van der Waals surface area contributed by atoms with E-state index in [4.69, 9.17) is 9.47 Å². The van der Waals surface area contributed by atoms with Crippen molar-refractivity contribution in [1.29, 1.82) is 5.26 Å². The fraction of sp³-hybridized carbons (Fsp3) is 0.100. The Hall–Kier alpha value is -3.32. The van der Waals surface area contributed by atoms with Gasteiger partial charge in [-0.3, -0.25) is 0 Å². The number of nitriles is 1. The van der Waals surface area contributed by atoms with Gasteiger partial charge in [-0.25, -0.2) is 4.79 Å². The highest BCUT2D eigenvalue weighted by Crippen LogP contribution is 2.28. The number of benzene rings is 2. The number of carbonyl (C=O) groups is 1. The van der Waals surface area contributed by atoms with E-state index in [-0.39, 0.29) is 12.2 Å². The zero-order chi connectivity index (χ0) is 17.4. The maximum absolute atomic E-state index is 12.3. The first-order valence-electron chi connectivity index (χ1n) is 7.33. The van der Waals surface area contributed by atoms with Crippen molar-refractivity contribution in [3.63, 3.8) is 0 Å². The van der Waals surface area contributed by atoms with E-state index in [0.717, 1.165) is 11.1 Å². The normalized spacial score (nSPS) is 11.0. The van der Waals surface area contributed by atoms with Crippen molar-refractivity contribution in [2.45, 2.75) is 0 Å². The molecule has 4 heteroatoms. The van der Waals surface area contributed by atoms with Crippen LogP contribution in [0.15, 0.2) is 72.8 Å². The fourth-order valence-electron chi connectivity index (χ4n) is 2.23. The third kappa shape index (κ3) is 3.90. The maximum Gasteiger partial charge on any atom is 0.349 e. The van der Waals surface area contributed by atoms with Gasteiger partial charge in [-0.15, -0.1) is 0 Å². The summed E-state index contributed by atoms with van der Waals surface area (Å²) in [6.07, 6.45) is 1.46. The van der Waals surface area contributed by atoms with Crippen LogP contribution in [0.2, 0.25) is 0 Å². The van der Waals surface area contributed by atoms with E-state index >= 15 is 0 Å². The molecule has 0 amide bonds. The van der Waals surface area contributed by atoms with Gasteiger partial charge in [0.25, 0.3) is 0 Å². The van der Waals surface area contributed by atoms with Crippen LogP contribution in [0, 0.1) is 11.3 Å². The Kier molecular flexibility index (Phi) is 5.93. The van der Waals surface area contributed by atoms with E-state index in [1.165, 1.54) is 6.08 Å². The van der Waals surface area contributed by atoms with Crippen LogP contribution in [0.3, 0.4) is 0 Å². The molecule has 4 nitrogen and oxygen atoms in total. The van der Waals surface area contributed by atoms with Gasteiger partial charge in [-0.2, -0.15) is 5.26 Å². The Balaban J connectivity index is 2.60. The molecule has 0 N–H and O–H groups in total. The molecule has 120 valence electrons. The highest BCUT2D eigenvalue weighted by molar-refractivity contribution is 6.05. The van der Waals surface area contributed by atoms with Crippen molar-refractivity contribution in [3.05, 3.63) is 84.0 Å². The lowest BCUT2D eigenvalue weighted by molar-refractivity contribution is -0.137. The molecule has 0 spiro atoms. The molecular weight excluding hydrogens is 302 g/mol. The predicted molar refractivity (Wildman–Crippen MR) is 92.2 cm³/mol. The van der Waals surface area contributed by atoms with Crippen molar-refractivity contribution < 1.29 is 14.3 Å². The van der Waals surface area contributed by atoms with Crippen LogP contribution in [0.4, 0.5) is 0 Å². The molecule has 0 radical (unpaired) electrons. The molecule has 0 aliphatic carbocycles. The summed E-state index contributed by atoms with van der Waals surface area (Å²) in [5.74, 6) is 0.0194. The van der Waals surface area contributed by atoms with E-state index in [1.807, 2.05) is 36.4 Å². The third-order valence-electron chi connectivity index (χ3n) is 3.34. The minimum Gasteiger partial charge on any atom is -0.497 e. The molecule has 0 atom stereocenters. The Morgan fingerprint density at radius 3 is 2.29 bits per heavy atom.